The molecule has 38 heavy (non-hydrogen) atoms. The van der Waals surface area contributed by atoms with Crippen molar-refractivity contribution in [2.75, 3.05) is 32.8 Å². The highest BCUT2D eigenvalue weighted by atomic mass is 16.6. The number of hydrogen-bond acceptors (Lipinski definition) is 5. The molecule has 1 aromatic rings. The fraction of sp³-hybridized carbons (Fsp3) is 0.452. The molecule has 0 saturated carbocycles. The van der Waals surface area contributed by atoms with E-state index in [0.717, 1.165) is 38.9 Å². The van der Waals surface area contributed by atoms with Gasteiger partial charge >= 0.3 is 12.1 Å². The van der Waals surface area contributed by atoms with E-state index in [9.17, 15) is 14.7 Å². The van der Waals surface area contributed by atoms with E-state index in [1.54, 1.807) is 23.1 Å². The van der Waals surface area contributed by atoms with Crippen LogP contribution in [0.1, 0.15) is 51.5 Å². The number of carboxylic acid groups (broad SMARTS) is 1. The topological polar surface area (TPSA) is 83.0 Å². The lowest BCUT2D eigenvalue weighted by atomic mass is 9.87. The third-order valence-electron chi connectivity index (χ3n) is 7.32. The van der Waals surface area contributed by atoms with Crippen LogP contribution in [0.25, 0.3) is 5.57 Å². The molecule has 2 unspecified atom stereocenters. The quantitative estimate of drug-likeness (QED) is 0.419. The molecule has 0 bridgehead atoms. The Morgan fingerprint density at radius 3 is 2.82 bits per heavy atom. The fourth-order valence-electron chi connectivity index (χ4n) is 5.26. The van der Waals surface area contributed by atoms with E-state index in [0.29, 0.717) is 37.6 Å². The fourth-order valence-corrected chi connectivity index (χ4v) is 5.26. The van der Waals surface area contributed by atoms with Gasteiger partial charge in [0.05, 0.1) is 12.2 Å². The first-order chi connectivity index (χ1) is 18.4. The average Bonchev–Trinajstić information content (AvgIpc) is 2.90. The van der Waals surface area contributed by atoms with Crippen molar-refractivity contribution in [1.82, 2.24) is 14.8 Å². The van der Waals surface area contributed by atoms with Crippen LogP contribution in [0.3, 0.4) is 0 Å². The van der Waals surface area contributed by atoms with Gasteiger partial charge in [-0.25, -0.2) is 9.59 Å². The lowest BCUT2D eigenvalue weighted by Gasteiger charge is -2.34. The van der Waals surface area contributed by atoms with Gasteiger partial charge in [-0.3, -0.25) is 14.8 Å². The molecule has 1 amide bonds. The number of pyridine rings is 1. The van der Waals surface area contributed by atoms with Crippen LogP contribution in [0.4, 0.5) is 4.79 Å². The van der Waals surface area contributed by atoms with Crippen molar-refractivity contribution in [3.05, 3.63) is 83.4 Å². The lowest BCUT2D eigenvalue weighted by molar-refractivity contribution is -0.132. The minimum atomic E-state index is -0.957. The maximum Gasteiger partial charge on any atom is 0.414 e. The second-order valence-corrected chi connectivity index (χ2v) is 10.4. The van der Waals surface area contributed by atoms with Gasteiger partial charge in [0.2, 0.25) is 0 Å². The summed E-state index contributed by atoms with van der Waals surface area (Å²) in [5, 5.41) is 9.36. The molecule has 1 fully saturated rings. The molecular formula is C31H39N3O4. The first-order valence-corrected chi connectivity index (χ1v) is 13.7. The highest BCUT2D eigenvalue weighted by Crippen LogP contribution is 2.32. The van der Waals surface area contributed by atoms with E-state index >= 15 is 0 Å². The summed E-state index contributed by atoms with van der Waals surface area (Å²) in [7, 11) is 0. The number of aromatic nitrogens is 1. The summed E-state index contributed by atoms with van der Waals surface area (Å²) in [6.45, 7) is 8.24. The van der Waals surface area contributed by atoms with Gasteiger partial charge in [-0.1, -0.05) is 44.2 Å². The molecule has 7 heteroatoms. The van der Waals surface area contributed by atoms with Gasteiger partial charge in [-0.05, 0) is 86.0 Å². The number of aliphatic carboxylic acids is 1. The maximum absolute atomic E-state index is 12.6. The zero-order valence-corrected chi connectivity index (χ0v) is 22.5. The molecule has 4 rings (SSSR count). The molecule has 2 heterocycles. The van der Waals surface area contributed by atoms with Gasteiger partial charge in [0.15, 0.2) is 0 Å². The van der Waals surface area contributed by atoms with Crippen LogP contribution in [-0.2, 0) is 9.53 Å². The number of amides is 1. The molecule has 1 saturated heterocycles. The highest BCUT2D eigenvalue weighted by Gasteiger charge is 2.29. The molecule has 202 valence electrons. The number of rotatable bonds is 10. The Kier molecular flexibility index (Phi) is 9.71. The van der Waals surface area contributed by atoms with Gasteiger partial charge in [0, 0.05) is 37.1 Å². The van der Waals surface area contributed by atoms with Crippen LogP contribution in [0.5, 0.6) is 0 Å². The summed E-state index contributed by atoms with van der Waals surface area (Å²) in [5.41, 5.74) is 4.90. The molecule has 3 aliphatic rings. The van der Waals surface area contributed by atoms with Gasteiger partial charge in [0.1, 0.15) is 0 Å². The van der Waals surface area contributed by atoms with Gasteiger partial charge in [-0.15, -0.1) is 0 Å². The van der Waals surface area contributed by atoms with Crippen molar-refractivity contribution in [3.63, 3.8) is 0 Å². The predicted molar refractivity (Wildman–Crippen MR) is 149 cm³/mol. The summed E-state index contributed by atoms with van der Waals surface area (Å²) in [6, 6.07) is 4.15. The van der Waals surface area contributed by atoms with Gasteiger partial charge in [-0.2, -0.15) is 0 Å². The van der Waals surface area contributed by atoms with Crippen molar-refractivity contribution < 1.29 is 19.4 Å². The number of hydrogen-bond donors (Lipinski definition) is 1. The summed E-state index contributed by atoms with van der Waals surface area (Å²) in [5.74, 6) is -0.244. The number of carboxylic acids is 1. The molecule has 1 aromatic heterocycles. The van der Waals surface area contributed by atoms with Gasteiger partial charge in [0.25, 0.3) is 0 Å². The average molecular weight is 518 g/mol. The predicted octanol–water partition coefficient (Wildman–Crippen LogP) is 5.85. The smallest absolute Gasteiger partial charge is 0.414 e. The first-order valence-electron chi connectivity index (χ1n) is 13.7. The minimum absolute atomic E-state index is 0.204. The molecule has 7 nitrogen and oxygen atoms in total. The lowest BCUT2D eigenvalue weighted by Crippen LogP contribution is -2.43. The largest absolute Gasteiger partial charge is 0.478 e. The molecule has 0 spiro atoms. The zero-order chi connectivity index (χ0) is 26.9. The van der Waals surface area contributed by atoms with Crippen LogP contribution in [-0.4, -0.2) is 64.7 Å². The normalized spacial score (nSPS) is 24.3. The number of allylic oxidation sites excluding steroid dienone is 5. The van der Waals surface area contributed by atoms with Crippen LogP contribution in [0.2, 0.25) is 0 Å². The van der Waals surface area contributed by atoms with E-state index in [4.69, 9.17) is 4.74 Å². The second kappa shape index (κ2) is 13.4. The standard InChI is InChI=1S/C31H39N3O4/c1-3-16-33(21-27-11-10-23(2)18-29(27)26-8-6-15-32-19-26)17-14-24-20-34(31(37)38-22-24)28-9-5-4-7-25(12-13-28)30(35)36/h6-13,15,19,23-24H,3-5,14,16-18,20-22H2,1-2H3,(H,35,36)/b13-12-,25-7?,28-9+. The second-order valence-electron chi connectivity index (χ2n) is 10.4. The summed E-state index contributed by atoms with van der Waals surface area (Å²) >= 11 is 0. The Balaban J connectivity index is 1.42. The number of nitrogens with zero attached hydrogens (tertiary/aromatic N) is 3. The Bertz CT molecular complexity index is 1150. The Morgan fingerprint density at radius 1 is 1.21 bits per heavy atom. The van der Waals surface area contributed by atoms with Gasteiger partial charge < -0.3 is 9.84 Å². The molecule has 2 atom stereocenters. The monoisotopic (exact) mass is 517 g/mol. The first kappa shape index (κ1) is 27.6. The van der Waals surface area contributed by atoms with Crippen molar-refractivity contribution in [2.45, 2.75) is 46.0 Å². The molecule has 0 aromatic carbocycles. The van der Waals surface area contributed by atoms with Crippen LogP contribution in [0, 0.1) is 11.8 Å². The molecule has 2 aliphatic carbocycles. The third kappa shape index (κ3) is 7.32. The third-order valence-corrected chi connectivity index (χ3v) is 7.32. The number of carbonyl (C=O) groups excluding carboxylic acids is 1. The summed E-state index contributed by atoms with van der Waals surface area (Å²) in [4.78, 5) is 32.6. The van der Waals surface area contributed by atoms with E-state index in [2.05, 4.69) is 41.9 Å². The highest BCUT2D eigenvalue weighted by molar-refractivity contribution is 5.90. The molecule has 0 radical (unpaired) electrons. The van der Waals surface area contributed by atoms with E-state index in [1.807, 2.05) is 24.5 Å². The molecule has 1 N–H and O–H groups in total. The number of carbonyl (C=O) groups is 2. The Hall–Kier alpha value is -3.45. The van der Waals surface area contributed by atoms with E-state index < -0.39 is 5.97 Å². The van der Waals surface area contributed by atoms with Crippen molar-refractivity contribution in [3.8, 4) is 0 Å². The number of cyclic esters (lactones) is 1. The summed E-state index contributed by atoms with van der Waals surface area (Å²) < 4.78 is 5.57. The number of ether oxygens (including phenoxy) is 1. The molecular weight excluding hydrogens is 478 g/mol. The van der Waals surface area contributed by atoms with Crippen molar-refractivity contribution in [2.24, 2.45) is 11.8 Å². The SMILES string of the molecule is CCCN(CCC1COC(=O)N(C2=C/CCC=C(C(=O)O)/C=C\2)C1)CC1=C(c2cccnc2)CC(C)C=C1. The Labute approximate surface area is 225 Å². The maximum atomic E-state index is 12.6. The minimum Gasteiger partial charge on any atom is -0.478 e. The summed E-state index contributed by atoms with van der Waals surface area (Å²) in [6.07, 6.45) is 19.3. The van der Waals surface area contributed by atoms with Crippen molar-refractivity contribution in [1.29, 1.82) is 0 Å². The zero-order valence-electron chi connectivity index (χ0n) is 22.5. The van der Waals surface area contributed by atoms with Crippen molar-refractivity contribution >= 4 is 17.6 Å². The van der Waals surface area contributed by atoms with Crippen LogP contribution in [0.15, 0.2) is 77.8 Å². The van der Waals surface area contributed by atoms with E-state index in [-0.39, 0.29) is 17.6 Å². The van der Waals surface area contributed by atoms with E-state index in [1.165, 1.54) is 16.7 Å². The Morgan fingerprint density at radius 2 is 2.05 bits per heavy atom. The van der Waals surface area contributed by atoms with Crippen LogP contribution >= 0.6 is 0 Å². The molecule has 1 aliphatic heterocycles. The van der Waals surface area contributed by atoms with Crippen LogP contribution < -0.4 is 0 Å².